The maximum absolute atomic E-state index is 13.1. The number of benzene rings is 2. The van der Waals surface area contributed by atoms with Gasteiger partial charge in [0, 0.05) is 33.4 Å². The molecule has 0 bridgehead atoms. The Kier molecular flexibility index (Phi) is 8.13. The van der Waals surface area contributed by atoms with Crippen LogP contribution in [0.1, 0.15) is 11.4 Å². The van der Waals surface area contributed by atoms with Crippen LogP contribution in [-0.2, 0) is 0 Å². The van der Waals surface area contributed by atoms with Crippen LogP contribution in [0, 0.1) is 29.1 Å². The summed E-state index contributed by atoms with van der Waals surface area (Å²) in [5.41, 5.74) is 13.7. The van der Waals surface area contributed by atoms with Crippen LogP contribution in [0.25, 0.3) is 5.69 Å². The van der Waals surface area contributed by atoms with E-state index in [9.17, 15) is 8.78 Å². The number of aromatic nitrogens is 4. The molecule has 0 atom stereocenters. The number of aromatic amines is 1. The highest BCUT2D eigenvalue weighted by Gasteiger charge is 2.02. The third kappa shape index (κ3) is 7.18. The maximum Gasteiger partial charge on any atom is 0.148 e. The molecule has 4 aromatic rings. The Balaban J connectivity index is 0.000000171. The quantitative estimate of drug-likeness (QED) is 0.257. The van der Waals surface area contributed by atoms with Gasteiger partial charge in [-0.05, 0) is 66.8 Å². The van der Waals surface area contributed by atoms with Crippen LogP contribution in [0.5, 0.6) is 0 Å². The Hall–Kier alpha value is -2.95. The summed E-state index contributed by atoms with van der Waals surface area (Å²) >= 11 is 2.03. The minimum Gasteiger partial charge on any atom is -0.396 e. The number of aryl methyl sites for hydroxylation is 2. The van der Waals surface area contributed by atoms with Crippen LogP contribution in [0.4, 0.5) is 20.2 Å². The zero-order chi connectivity index (χ0) is 21.4. The molecule has 6 nitrogen and oxygen atoms in total. The Labute approximate surface area is 181 Å². The van der Waals surface area contributed by atoms with E-state index in [0.29, 0.717) is 0 Å². The zero-order valence-corrected chi connectivity index (χ0v) is 18.1. The van der Waals surface area contributed by atoms with Crippen LogP contribution in [0.15, 0.2) is 61.4 Å². The van der Waals surface area contributed by atoms with Crippen LogP contribution in [0.3, 0.4) is 0 Å². The van der Waals surface area contributed by atoms with Crippen LogP contribution >= 0.6 is 22.6 Å². The van der Waals surface area contributed by atoms with Gasteiger partial charge in [0.25, 0.3) is 0 Å². The van der Waals surface area contributed by atoms with Gasteiger partial charge in [0.05, 0.1) is 29.7 Å². The number of nitrogens with one attached hydrogen (secondary N) is 1. The van der Waals surface area contributed by atoms with Crippen LogP contribution in [0.2, 0.25) is 0 Å². The highest BCUT2D eigenvalue weighted by molar-refractivity contribution is 14.1. The fraction of sp³-hybridized carbons (Fsp3) is 0.100. The van der Waals surface area contributed by atoms with Crippen molar-refractivity contribution in [2.75, 3.05) is 11.5 Å². The summed E-state index contributed by atoms with van der Waals surface area (Å²) in [4.78, 5) is 10.7. The van der Waals surface area contributed by atoms with Gasteiger partial charge >= 0.3 is 0 Å². The lowest BCUT2D eigenvalue weighted by Gasteiger charge is -2.02. The van der Waals surface area contributed by atoms with E-state index in [0.717, 1.165) is 20.6 Å². The summed E-state index contributed by atoms with van der Waals surface area (Å²) in [6.45, 7) is 3.84. The van der Waals surface area contributed by atoms with E-state index in [1.807, 2.05) is 42.6 Å². The standard InChI is InChI=1S/C10H10FN3.C6H5FIN.C4H6N2/c1-7-5-14(6-13-7)8-2-3-10(12)9(11)4-8;7-5-3-4(8)1-2-6(5)9;1-4-2-5-3-6-4/h2-6H,12H2,1H3;1-3H,9H2;2-3H,1H3,(H,5,6). The highest BCUT2D eigenvalue weighted by Crippen LogP contribution is 2.15. The Morgan fingerprint density at radius 1 is 1.00 bits per heavy atom. The van der Waals surface area contributed by atoms with Crippen molar-refractivity contribution in [3.05, 3.63) is 88.0 Å². The monoisotopic (exact) mass is 510 g/mol. The number of imidazole rings is 2. The van der Waals surface area contributed by atoms with Crippen molar-refractivity contribution in [1.82, 2.24) is 19.5 Å². The summed E-state index contributed by atoms with van der Waals surface area (Å²) in [6.07, 6.45) is 6.90. The molecular weight excluding hydrogens is 489 g/mol. The van der Waals surface area contributed by atoms with Gasteiger partial charge in [-0.1, -0.05) is 0 Å². The molecule has 4 rings (SSSR count). The second kappa shape index (κ2) is 10.6. The Morgan fingerprint density at radius 3 is 2.07 bits per heavy atom. The number of anilines is 2. The molecule has 0 amide bonds. The van der Waals surface area contributed by atoms with Gasteiger partial charge < -0.3 is 21.0 Å². The fourth-order valence-electron chi connectivity index (χ4n) is 2.07. The number of hydrogen-bond donors (Lipinski definition) is 3. The predicted molar refractivity (Wildman–Crippen MR) is 120 cm³/mol. The van der Waals surface area contributed by atoms with Gasteiger partial charge in [-0.25, -0.2) is 18.7 Å². The number of nitrogens with two attached hydrogens (primary N) is 2. The molecule has 2 aromatic carbocycles. The first-order valence-electron chi connectivity index (χ1n) is 8.47. The van der Waals surface area contributed by atoms with Crippen molar-refractivity contribution in [2.24, 2.45) is 0 Å². The van der Waals surface area contributed by atoms with Crippen molar-refractivity contribution in [3.8, 4) is 5.69 Å². The molecule has 0 aliphatic carbocycles. The molecule has 0 aliphatic heterocycles. The molecule has 0 saturated carbocycles. The lowest BCUT2D eigenvalue weighted by Crippen LogP contribution is -1.95. The average molecular weight is 510 g/mol. The smallest absolute Gasteiger partial charge is 0.148 e. The first kappa shape index (κ1) is 22.3. The van der Waals surface area contributed by atoms with Crippen LogP contribution in [-0.4, -0.2) is 19.5 Å². The summed E-state index contributed by atoms with van der Waals surface area (Å²) in [6, 6.07) is 9.39. The molecule has 29 heavy (non-hydrogen) atoms. The van der Waals surface area contributed by atoms with E-state index in [2.05, 4.69) is 15.0 Å². The fourth-order valence-corrected chi connectivity index (χ4v) is 2.52. The number of H-pyrrole nitrogens is 1. The van der Waals surface area contributed by atoms with E-state index < -0.39 is 5.82 Å². The molecule has 9 heteroatoms. The summed E-state index contributed by atoms with van der Waals surface area (Å²) in [5, 5.41) is 0. The summed E-state index contributed by atoms with van der Waals surface area (Å²) in [7, 11) is 0. The first-order chi connectivity index (χ1) is 13.8. The van der Waals surface area contributed by atoms with E-state index in [1.54, 1.807) is 47.7 Å². The zero-order valence-electron chi connectivity index (χ0n) is 15.9. The molecule has 0 aliphatic rings. The van der Waals surface area contributed by atoms with E-state index in [4.69, 9.17) is 11.5 Å². The molecule has 0 saturated heterocycles. The summed E-state index contributed by atoms with van der Waals surface area (Å²) in [5.74, 6) is -0.754. The molecule has 5 N–H and O–H groups in total. The van der Waals surface area contributed by atoms with Crippen molar-refractivity contribution < 1.29 is 8.78 Å². The normalized spacial score (nSPS) is 9.83. The second-order valence-corrected chi connectivity index (χ2v) is 7.27. The van der Waals surface area contributed by atoms with Gasteiger partial charge in [0.1, 0.15) is 11.6 Å². The van der Waals surface area contributed by atoms with E-state index >= 15 is 0 Å². The van der Waals surface area contributed by atoms with E-state index in [1.165, 1.54) is 12.1 Å². The van der Waals surface area contributed by atoms with Gasteiger partial charge in [-0.15, -0.1) is 0 Å². The van der Waals surface area contributed by atoms with Gasteiger partial charge in [0.2, 0.25) is 0 Å². The SMILES string of the molecule is Cc1cn(-c2ccc(N)c(F)c2)cn1.Cc1cnc[nH]1.Nc1ccc(I)cc1F. The number of nitrogen functional groups attached to an aromatic ring is 2. The maximum atomic E-state index is 13.1. The van der Waals surface area contributed by atoms with Gasteiger partial charge in [-0.3, -0.25) is 0 Å². The highest BCUT2D eigenvalue weighted by atomic mass is 127. The van der Waals surface area contributed by atoms with E-state index in [-0.39, 0.29) is 17.2 Å². The van der Waals surface area contributed by atoms with Crippen molar-refractivity contribution >= 4 is 34.0 Å². The number of rotatable bonds is 1. The largest absolute Gasteiger partial charge is 0.396 e. The van der Waals surface area contributed by atoms with Crippen molar-refractivity contribution in [1.29, 1.82) is 0 Å². The van der Waals surface area contributed by atoms with Crippen molar-refractivity contribution in [3.63, 3.8) is 0 Å². The molecule has 2 heterocycles. The minimum atomic E-state index is -0.408. The van der Waals surface area contributed by atoms with Crippen molar-refractivity contribution in [2.45, 2.75) is 13.8 Å². The number of halogens is 3. The molecule has 0 fully saturated rings. The number of nitrogens with zero attached hydrogens (tertiary/aromatic N) is 3. The lowest BCUT2D eigenvalue weighted by atomic mass is 10.2. The molecule has 152 valence electrons. The Bertz CT molecular complexity index is 1050. The van der Waals surface area contributed by atoms with Gasteiger partial charge in [0.15, 0.2) is 0 Å². The first-order valence-corrected chi connectivity index (χ1v) is 9.55. The molecular formula is C20H21F2IN6. The third-order valence-electron chi connectivity index (χ3n) is 3.59. The molecule has 0 unspecified atom stereocenters. The summed E-state index contributed by atoms with van der Waals surface area (Å²) < 4.78 is 28.2. The van der Waals surface area contributed by atoms with Crippen LogP contribution < -0.4 is 11.5 Å². The Morgan fingerprint density at radius 2 is 1.66 bits per heavy atom. The topological polar surface area (TPSA) is 98.5 Å². The third-order valence-corrected chi connectivity index (χ3v) is 4.26. The molecule has 0 spiro atoms. The second-order valence-electron chi connectivity index (χ2n) is 6.03. The lowest BCUT2D eigenvalue weighted by molar-refractivity contribution is 0.631. The molecule has 2 aromatic heterocycles. The minimum absolute atomic E-state index is 0.158. The molecule has 0 radical (unpaired) electrons. The number of hydrogen-bond acceptors (Lipinski definition) is 4. The average Bonchev–Trinajstić information content (AvgIpc) is 3.33. The predicted octanol–water partition coefficient (Wildman–Crippen LogP) is 4.63. The van der Waals surface area contributed by atoms with Gasteiger partial charge in [-0.2, -0.15) is 0 Å².